The predicted octanol–water partition coefficient (Wildman–Crippen LogP) is 3.80. The quantitative estimate of drug-likeness (QED) is 0.814. The van der Waals surface area contributed by atoms with Crippen molar-refractivity contribution in [2.75, 3.05) is 18.4 Å². The van der Waals surface area contributed by atoms with Crippen molar-refractivity contribution in [3.05, 3.63) is 47.8 Å². The molecule has 0 spiro atoms. The van der Waals surface area contributed by atoms with Crippen molar-refractivity contribution >= 4 is 17.5 Å². The first-order valence-electron chi connectivity index (χ1n) is 9.82. The normalized spacial score (nSPS) is 17.1. The van der Waals surface area contributed by atoms with E-state index in [-0.39, 0.29) is 23.7 Å². The Morgan fingerprint density at radius 2 is 2.00 bits per heavy atom. The zero-order valence-corrected chi connectivity index (χ0v) is 16.1. The number of nitrogens with one attached hydrogen (secondary N) is 2. The molecule has 3 rings (SSSR count). The molecule has 144 valence electrons. The highest BCUT2D eigenvalue weighted by Crippen LogP contribution is 2.31. The molecule has 0 saturated carbocycles. The Labute approximate surface area is 160 Å². The standard InChI is InChI=1S/C21H28N4O2/c1-3-15(4-2)21(27)25-12-8-11-17(14-25)19-18(13-22-24-19)23-20(26)16-9-6-5-7-10-16/h5-7,9-10,13,15,17H,3-4,8,11-12,14H2,1-2H3,(H,22,24)(H,23,26)/t17-/m0/s1. The number of aromatic amines is 1. The number of aromatic nitrogens is 2. The maximum atomic E-state index is 12.8. The Morgan fingerprint density at radius 1 is 1.26 bits per heavy atom. The highest BCUT2D eigenvalue weighted by molar-refractivity contribution is 6.04. The number of carbonyl (C=O) groups is 2. The fourth-order valence-electron chi connectivity index (χ4n) is 3.80. The van der Waals surface area contributed by atoms with Gasteiger partial charge in [0.1, 0.15) is 0 Å². The molecule has 0 radical (unpaired) electrons. The van der Waals surface area contributed by atoms with Crippen LogP contribution in [0.25, 0.3) is 0 Å². The minimum absolute atomic E-state index is 0.0998. The summed E-state index contributed by atoms with van der Waals surface area (Å²) in [6.45, 7) is 5.62. The summed E-state index contributed by atoms with van der Waals surface area (Å²) in [6.07, 6.45) is 5.33. The van der Waals surface area contributed by atoms with Gasteiger partial charge in [-0.3, -0.25) is 14.7 Å². The van der Waals surface area contributed by atoms with E-state index in [2.05, 4.69) is 29.4 Å². The van der Waals surface area contributed by atoms with Gasteiger partial charge in [0.05, 0.1) is 17.6 Å². The summed E-state index contributed by atoms with van der Waals surface area (Å²) >= 11 is 0. The lowest BCUT2D eigenvalue weighted by Crippen LogP contribution is -2.42. The van der Waals surface area contributed by atoms with Gasteiger partial charge >= 0.3 is 0 Å². The molecule has 0 unspecified atom stereocenters. The van der Waals surface area contributed by atoms with E-state index in [1.807, 2.05) is 23.1 Å². The fourth-order valence-corrected chi connectivity index (χ4v) is 3.80. The zero-order valence-electron chi connectivity index (χ0n) is 16.1. The van der Waals surface area contributed by atoms with E-state index in [9.17, 15) is 9.59 Å². The number of carbonyl (C=O) groups excluding carboxylic acids is 2. The van der Waals surface area contributed by atoms with E-state index >= 15 is 0 Å². The monoisotopic (exact) mass is 368 g/mol. The number of benzene rings is 1. The van der Waals surface area contributed by atoms with Crippen LogP contribution in [0.1, 0.15) is 61.5 Å². The fraction of sp³-hybridized carbons (Fsp3) is 0.476. The molecule has 2 aromatic rings. The van der Waals surface area contributed by atoms with Crippen molar-refractivity contribution in [2.24, 2.45) is 5.92 Å². The number of hydrogen-bond donors (Lipinski definition) is 2. The number of rotatable bonds is 6. The van der Waals surface area contributed by atoms with Gasteiger partial charge in [-0.25, -0.2) is 0 Å². The molecule has 2 heterocycles. The van der Waals surface area contributed by atoms with Crippen molar-refractivity contribution in [3.8, 4) is 0 Å². The Hall–Kier alpha value is -2.63. The van der Waals surface area contributed by atoms with Gasteiger partial charge in [0.15, 0.2) is 0 Å². The van der Waals surface area contributed by atoms with Gasteiger partial charge in [0.25, 0.3) is 5.91 Å². The maximum Gasteiger partial charge on any atom is 0.255 e. The van der Waals surface area contributed by atoms with Crippen molar-refractivity contribution < 1.29 is 9.59 Å². The minimum Gasteiger partial charge on any atom is -0.342 e. The Bertz CT molecular complexity index is 767. The summed E-state index contributed by atoms with van der Waals surface area (Å²) in [5.74, 6) is 0.353. The Balaban J connectivity index is 1.71. The number of anilines is 1. The first-order valence-corrected chi connectivity index (χ1v) is 9.82. The average molecular weight is 368 g/mol. The van der Waals surface area contributed by atoms with Gasteiger partial charge in [0.2, 0.25) is 5.91 Å². The lowest BCUT2D eigenvalue weighted by atomic mass is 9.92. The molecular weight excluding hydrogens is 340 g/mol. The predicted molar refractivity (Wildman–Crippen MR) is 106 cm³/mol. The molecule has 27 heavy (non-hydrogen) atoms. The summed E-state index contributed by atoms with van der Waals surface area (Å²) in [7, 11) is 0. The number of hydrogen-bond acceptors (Lipinski definition) is 3. The van der Waals surface area contributed by atoms with E-state index in [0.29, 0.717) is 17.8 Å². The summed E-state index contributed by atoms with van der Waals surface area (Å²) in [5, 5.41) is 10.1. The van der Waals surface area contributed by atoms with E-state index in [0.717, 1.165) is 37.9 Å². The second-order valence-corrected chi connectivity index (χ2v) is 7.15. The van der Waals surface area contributed by atoms with Crippen molar-refractivity contribution in [1.82, 2.24) is 15.1 Å². The molecule has 1 atom stereocenters. The number of H-pyrrole nitrogens is 1. The average Bonchev–Trinajstić information content (AvgIpc) is 3.17. The highest BCUT2D eigenvalue weighted by atomic mass is 16.2. The molecule has 2 amide bonds. The molecule has 1 aliphatic rings. The lowest BCUT2D eigenvalue weighted by molar-refractivity contribution is -0.137. The van der Waals surface area contributed by atoms with Crippen LogP contribution >= 0.6 is 0 Å². The second kappa shape index (κ2) is 8.84. The van der Waals surface area contributed by atoms with Gasteiger partial charge in [-0.2, -0.15) is 5.10 Å². The summed E-state index contributed by atoms with van der Waals surface area (Å²) in [5.41, 5.74) is 2.21. The van der Waals surface area contributed by atoms with Crippen molar-refractivity contribution in [3.63, 3.8) is 0 Å². The number of likely N-dealkylation sites (tertiary alicyclic amines) is 1. The molecule has 0 bridgehead atoms. The lowest BCUT2D eigenvalue weighted by Gasteiger charge is -2.34. The molecule has 2 N–H and O–H groups in total. The zero-order chi connectivity index (χ0) is 19.2. The van der Waals surface area contributed by atoms with E-state index in [1.54, 1.807) is 18.3 Å². The molecule has 1 saturated heterocycles. The minimum atomic E-state index is -0.154. The van der Waals surface area contributed by atoms with Crippen LogP contribution in [-0.4, -0.2) is 40.0 Å². The molecule has 1 aromatic heterocycles. The highest BCUT2D eigenvalue weighted by Gasteiger charge is 2.30. The topological polar surface area (TPSA) is 78.1 Å². The molecule has 1 aliphatic heterocycles. The molecule has 1 fully saturated rings. The molecular formula is C21H28N4O2. The van der Waals surface area contributed by atoms with Crippen LogP contribution in [0.4, 0.5) is 5.69 Å². The van der Waals surface area contributed by atoms with Crippen LogP contribution in [0.5, 0.6) is 0 Å². The number of piperidine rings is 1. The largest absolute Gasteiger partial charge is 0.342 e. The summed E-state index contributed by atoms with van der Waals surface area (Å²) in [4.78, 5) is 27.2. The van der Waals surface area contributed by atoms with Crippen LogP contribution in [0.2, 0.25) is 0 Å². The number of amides is 2. The van der Waals surface area contributed by atoms with Gasteiger partial charge in [0, 0.05) is 30.5 Å². The molecule has 0 aliphatic carbocycles. The third-order valence-corrected chi connectivity index (χ3v) is 5.43. The first-order chi connectivity index (χ1) is 13.1. The van der Waals surface area contributed by atoms with Crippen LogP contribution in [0, 0.1) is 5.92 Å². The molecule has 6 nitrogen and oxygen atoms in total. The Morgan fingerprint density at radius 3 is 2.70 bits per heavy atom. The number of nitrogens with zero attached hydrogens (tertiary/aromatic N) is 2. The third-order valence-electron chi connectivity index (χ3n) is 5.43. The molecule has 6 heteroatoms. The summed E-state index contributed by atoms with van der Waals surface area (Å²) in [6, 6.07) is 9.13. The van der Waals surface area contributed by atoms with E-state index in [1.165, 1.54) is 0 Å². The van der Waals surface area contributed by atoms with E-state index in [4.69, 9.17) is 0 Å². The maximum absolute atomic E-state index is 12.8. The van der Waals surface area contributed by atoms with Crippen molar-refractivity contribution in [1.29, 1.82) is 0 Å². The second-order valence-electron chi connectivity index (χ2n) is 7.15. The van der Waals surface area contributed by atoms with Crippen molar-refractivity contribution in [2.45, 2.75) is 45.4 Å². The van der Waals surface area contributed by atoms with Crippen LogP contribution < -0.4 is 5.32 Å². The third kappa shape index (κ3) is 4.38. The van der Waals surface area contributed by atoms with Gasteiger partial charge in [-0.1, -0.05) is 32.0 Å². The van der Waals surface area contributed by atoms with E-state index < -0.39 is 0 Å². The Kier molecular flexibility index (Phi) is 6.27. The van der Waals surface area contributed by atoms with Gasteiger partial charge in [-0.05, 0) is 37.8 Å². The van der Waals surface area contributed by atoms with Crippen LogP contribution in [-0.2, 0) is 4.79 Å². The first kappa shape index (κ1) is 19.1. The molecule has 1 aromatic carbocycles. The SMILES string of the molecule is CCC(CC)C(=O)N1CCC[C@H](c2[nH]ncc2NC(=O)c2ccccc2)C1. The summed E-state index contributed by atoms with van der Waals surface area (Å²) < 4.78 is 0. The van der Waals surface area contributed by atoms with Crippen LogP contribution in [0.3, 0.4) is 0 Å². The smallest absolute Gasteiger partial charge is 0.255 e. The van der Waals surface area contributed by atoms with Crippen LogP contribution in [0.15, 0.2) is 36.5 Å². The van der Waals surface area contributed by atoms with Gasteiger partial charge < -0.3 is 10.2 Å². The van der Waals surface area contributed by atoms with Gasteiger partial charge in [-0.15, -0.1) is 0 Å².